The largest absolute Gasteiger partial charge is 0.444 e. The Balaban J connectivity index is 1.66. The number of aryl methyl sites for hydroxylation is 1. The lowest BCUT2D eigenvalue weighted by Crippen LogP contribution is -2.45. The number of anilines is 1. The highest BCUT2D eigenvalue weighted by Gasteiger charge is 2.49. The molecule has 2 aromatic carbocycles. The van der Waals surface area contributed by atoms with Crippen LogP contribution >= 0.6 is 11.8 Å². The number of fused-ring (bicyclic) bond motifs is 1. The molecule has 36 heavy (non-hydrogen) atoms. The van der Waals surface area contributed by atoms with Crippen molar-refractivity contribution in [2.45, 2.75) is 57.1 Å². The number of benzene rings is 2. The Morgan fingerprint density at radius 1 is 1.11 bits per heavy atom. The molecule has 0 spiro atoms. The number of carbonyl (C=O) groups is 2. The quantitative estimate of drug-likeness (QED) is 0.629. The molecule has 10 heteroatoms. The number of alkyl carbamates (subject to hydrolysis) is 1. The highest BCUT2D eigenvalue weighted by molar-refractivity contribution is 8.16. The number of nitrogens with one attached hydrogen (secondary N) is 1. The molecule has 2 saturated heterocycles. The van der Waals surface area contributed by atoms with Crippen LogP contribution in [0.4, 0.5) is 10.5 Å². The lowest BCUT2D eigenvalue weighted by Gasteiger charge is -2.26. The van der Waals surface area contributed by atoms with Gasteiger partial charge in [-0.2, -0.15) is 4.99 Å². The van der Waals surface area contributed by atoms with E-state index >= 15 is 0 Å². The minimum Gasteiger partial charge on any atom is -0.444 e. The first-order valence-electron chi connectivity index (χ1n) is 11.8. The van der Waals surface area contributed by atoms with Crippen LogP contribution in [0.3, 0.4) is 0 Å². The topological polar surface area (TPSA) is 105 Å². The van der Waals surface area contributed by atoms with Crippen LogP contribution in [0.5, 0.6) is 0 Å². The van der Waals surface area contributed by atoms with E-state index < -0.39 is 33.5 Å². The fourth-order valence-corrected chi connectivity index (χ4v) is 8.26. The fraction of sp³-hybridized carbons (Fsp3) is 0.423. The van der Waals surface area contributed by atoms with Crippen molar-refractivity contribution in [1.29, 1.82) is 0 Å². The molecule has 3 atom stereocenters. The molecule has 2 aromatic rings. The lowest BCUT2D eigenvalue weighted by atomic mass is 10.1. The molecule has 2 fully saturated rings. The molecule has 192 valence electrons. The fourth-order valence-electron chi connectivity index (χ4n) is 4.35. The van der Waals surface area contributed by atoms with E-state index in [1.165, 1.54) is 11.8 Å². The third-order valence-corrected chi connectivity index (χ3v) is 9.13. The van der Waals surface area contributed by atoms with E-state index in [-0.39, 0.29) is 29.2 Å². The van der Waals surface area contributed by atoms with E-state index in [0.717, 1.165) is 16.8 Å². The zero-order valence-corrected chi connectivity index (χ0v) is 22.4. The Hall–Kier alpha value is -2.85. The Kier molecular flexibility index (Phi) is 7.47. The van der Waals surface area contributed by atoms with Gasteiger partial charge < -0.3 is 15.0 Å². The molecule has 0 aliphatic carbocycles. The summed E-state index contributed by atoms with van der Waals surface area (Å²) in [7, 11) is -3.18. The van der Waals surface area contributed by atoms with Crippen molar-refractivity contribution in [3.05, 3.63) is 65.7 Å². The average molecular weight is 530 g/mol. The van der Waals surface area contributed by atoms with Crippen molar-refractivity contribution in [2.75, 3.05) is 16.4 Å². The van der Waals surface area contributed by atoms with Crippen molar-refractivity contribution in [2.24, 2.45) is 4.99 Å². The zero-order valence-electron chi connectivity index (χ0n) is 20.8. The molecule has 1 N–H and O–H groups in total. The van der Waals surface area contributed by atoms with Gasteiger partial charge in [-0.15, -0.1) is 0 Å². The molecule has 2 aliphatic heterocycles. The van der Waals surface area contributed by atoms with E-state index in [4.69, 9.17) is 4.74 Å². The normalized spacial score (nSPS) is 22.8. The maximum atomic E-state index is 13.5. The molecule has 2 aliphatic rings. The molecule has 4 rings (SSSR count). The van der Waals surface area contributed by atoms with E-state index in [1.54, 1.807) is 20.8 Å². The van der Waals surface area contributed by atoms with Gasteiger partial charge in [0.25, 0.3) is 5.91 Å². The molecular weight excluding hydrogens is 498 g/mol. The van der Waals surface area contributed by atoms with E-state index in [9.17, 15) is 18.0 Å². The van der Waals surface area contributed by atoms with Gasteiger partial charge in [-0.3, -0.25) is 4.79 Å². The number of amidine groups is 1. The zero-order chi connectivity index (χ0) is 26.1. The number of rotatable bonds is 5. The van der Waals surface area contributed by atoms with E-state index in [2.05, 4.69) is 10.3 Å². The molecule has 2 heterocycles. The van der Waals surface area contributed by atoms with E-state index in [1.807, 2.05) is 66.4 Å². The van der Waals surface area contributed by atoms with Crippen LogP contribution in [-0.2, 0) is 25.8 Å². The van der Waals surface area contributed by atoms with Crippen molar-refractivity contribution >= 4 is 44.5 Å². The monoisotopic (exact) mass is 529 g/mol. The summed E-state index contributed by atoms with van der Waals surface area (Å²) in [4.78, 5) is 32.4. The smallest absolute Gasteiger partial charge is 0.408 e. The SMILES string of the molecule is Cc1ccccc1N1C(=NC(=O)[C@H](Cc2ccccc2)NC(=O)OC(C)(C)C)S[C@@H]2CS(=O)(=O)C[C@H]21. The highest BCUT2D eigenvalue weighted by Crippen LogP contribution is 2.41. The van der Waals surface area contributed by atoms with E-state index in [0.29, 0.717) is 5.17 Å². The van der Waals surface area contributed by atoms with Crippen LogP contribution in [0.1, 0.15) is 31.9 Å². The number of thioether (sulfide) groups is 1. The van der Waals surface area contributed by atoms with Crippen molar-refractivity contribution < 1.29 is 22.7 Å². The number of nitrogens with zero attached hydrogens (tertiary/aromatic N) is 2. The second-order valence-corrected chi connectivity index (χ2v) is 13.4. The van der Waals surface area contributed by atoms with Crippen LogP contribution in [-0.4, -0.2) is 60.0 Å². The molecule has 0 bridgehead atoms. The summed E-state index contributed by atoms with van der Waals surface area (Å²) in [6.45, 7) is 7.20. The molecular formula is C26H31N3O5S2. The third-order valence-electron chi connectivity index (χ3n) is 5.92. The summed E-state index contributed by atoms with van der Waals surface area (Å²) in [5.41, 5.74) is 1.92. The Morgan fingerprint density at radius 3 is 2.44 bits per heavy atom. The van der Waals surface area contributed by atoms with Crippen LogP contribution in [0.15, 0.2) is 59.6 Å². The van der Waals surface area contributed by atoms with Crippen LogP contribution < -0.4 is 10.2 Å². The van der Waals surface area contributed by atoms with Gasteiger partial charge in [0, 0.05) is 17.4 Å². The van der Waals surface area contributed by atoms with Crippen LogP contribution in [0.2, 0.25) is 0 Å². The summed E-state index contributed by atoms with van der Waals surface area (Å²) in [5.74, 6) is -0.467. The summed E-state index contributed by atoms with van der Waals surface area (Å²) in [5, 5.41) is 2.92. The van der Waals surface area contributed by atoms with Crippen molar-refractivity contribution in [3.8, 4) is 0 Å². The maximum Gasteiger partial charge on any atom is 0.408 e. The van der Waals surface area contributed by atoms with Crippen LogP contribution in [0.25, 0.3) is 0 Å². The molecule has 0 radical (unpaired) electrons. The summed E-state index contributed by atoms with van der Waals surface area (Å²) in [6, 6.07) is 15.8. The Morgan fingerprint density at radius 2 is 1.78 bits per heavy atom. The lowest BCUT2D eigenvalue weighted by molar-refractivity contribution is -0.119. The van der Waals surface area contributed by atoms with Gasteiger partial charge in [0.05, 0.1) is 17.5 Å². The second-order valence-electron chi connectivity index (χ2n) is 10.1. The summed E-state index contributed by atoms with van der Waals surface area (Å²) >= 11 is 1.31. The molecule has 0 aromatic heterocycles. The van der Waals surface area contributed by atoms with Gasteiger partial charge in [0.15, 0.2) is 15.0 Å². The number of ether oxygens (including phenoxy) is 1. The number of aliphatic imine (C=N–C) groups is 1. The molecule has 8 nitrogen and oxygen atoms in total. The summed E-state index contributed by atoms with van der Waals surface area (Å²) < 4.78 is 30.1. The number of hydrogen-bond donors (Lipinski definition) is 1. The number of hydrogen-bond acceptors (Lipinski definition) is 6. The highest BCUT2D eigenvalue weighted by atomic mass is 32.2. The number of para-hydroxylation sites is 1. The third kappa shape index (κ3) is 6.28. The first kappa shape index (κ1) is 26.2. The van der Waals surface area contributed by atoms with Gasteiger partial charge >= 0.3 is 6.09 Å². The number of sulfone groups is 1. The number of amides is 2. The van der Waals surface area contributed by atoms with Gasteiger partial charge in [0.1, 0.15) is 11.6 Å². The number of carbonyl (C=O) groups excluding carboxylic acids is 2. The Labute approximate surface area is 216 Å². The second kappa shape index (κ2) is 10.3. The standard InChI is InChI=1S/C26H31N3O5S2/c1-17-10-8-9-13-20(17)29-21-15-36(32,33)16-22(21)35-24(29)28-23(30)19(14-18-11-6-5-7-12-18)27-25(31)34-26(2,3)4/h5-13,19,21-22H,14-16H2,1-4H3,(H,27,31)/t19-,21+,22+/m0/s1. The van der Waals surface area contributed by atoms with Gasteiger partial charge in [-0.1, -0.05) is 60.3 Å². The average Bonchev–Trinajstić information content (AvgIpc) is 3.24. The first-order valence-corrected chi connectivity index (χ1v) is 14.5. The predicted octanol–water partition coefficient (Wildman–Crippen LogP) is 3.73. The maximum absolute atomic E-state index is 13.5. The molecule has 2 amide bonds. The minimum absolute atomic E-state index is 0.00974. The predicted molar refractivity (Wildman–Crippen MR) is 143 cm³/mol. The molecule has 0 saturated carbocycles. The summed E-state index contributed by atoms with van der Waals surface area (Å²) in [6.07, 6.45) is -0.457. The first-order chi connectivity index (χ1) is 16.9. The molecule has 0 unspecified atom stereocenters. The van der Waals surface area contributed by atoms with Gasteiger partial charge in [-0.25, -0.2) is 13.2 Å². The van der Waals surface area contributed by atoms with Crippen molar-refractivity contribution in [1.82, 2.24) is 5.32 Å². The van der Waals surface area contributed by atoms with Crippen molar-refractivity contribution in [3.63, 3.8) is 0 Å². The minimum atomic E-state index is -3.18. The van der Waals surface area contributed by atoms with Crippen LogP contribution in [0, 0.1) is 6.92 Å². The van der Waals surface area contributed by atoms with Gasteiger partial charge in [-0.05, 0) is 44.9 Å². The van der Waals surface area contributed by atoms with Gasteiger partial charge in [0.2, 0.25) is 0 Å². The Bertz CT molecular complexity index is 1270.